The summed E-state index contributed by atoms with van der Waals surface area (Å²) in [5.74, 6) is 5.98. The first-order valence-electron chi connectivity index (χ1n) is 5.25. The number of anilines is 1. The molecule has 2 aromatic rings. The Morgan fingerprint density at radius 1 is 1.44 bits per heavy atom. The van der Waals surface area contributed by atoms with Crippen LogP contribution >= 0.6 is 0 Å². The number of amides is 1. The minimum Gasteiger partial charge on any atom is -0.352 e. The van der Waals surface area contributed by atoms with E-state index in [0.29, 0.717) is 30.2 Å². The second kappa shape index (κ2) is 5.73. The summed E-state index contributed by atoms with van der Waals surface area (Å²) >= 11 is 0. The molecule has 0 aliphatic carbocycles. The highest BCUT2D eigenvalue weighted by atomic mass is 16.5. The first-order valence-corrected chi connectivity index (χ1v) is 5.25. The Kier molecular flexibility index (Phi) is 3.82. The van der Waals surface area contributed by atoms with Crippen LogP contribution in [0.4, 0.5) is 5.82 Å². The minimum absolute atomic E-state index is 0.211. The van der Waals surface area contributed by atoms with Gasteiger partial charge in [0.05, 0.1) is 0 Å². The number of nitrogens with two attached hydrogens (primary N) is 1. The first kappa shape index (κ1) is 12.0. The summed E-state index contributed by atoms with van der Waals surface area (Å²) in [5.41, 5.74) is 2.86. The van der Waals surface area contributed by atoms with Gasteiger partial charge in [-0.3, -0.25) is 4.79 Å². The molecule has 2 rings (SSSR count). The lowest BCUT2D eigenvalue weighted by atomic mass is 10.2. The summed E-state index contributed by atoms with van der Waals surface area (Å²) in [6, 6.07) is 3.16. The lowest BCUT2D eigenvalue weighted by Gasteiger charge is -2.05. The van der Waals surface area contributed by atoms with E-state index in [2.05, 4.69) is 30.4 Å². The topological polar surface area (TPSA) is 119 Å². The van der Waals surface area contributed by atoms with Crippen molar-refractivity contribution in [1.82, 2.24) is 20.4 Å². The molecule has 0 radical (unpaired) electrons. The number of nitrogen functional groups attached to an aromatic ring is 1. The molecule has 0 aliphatic rings. The lowest BCUT2D eigenvalue weighted by molar-refractivity contribution is 0.0954. The van der Waals surface area contributed by atoms with E-state index >= 15 is 0 Å². The van der Waals surface area contributed by atoms with E-state index in [1.165, 1.54) is 12.6 Å². The highest BCUT2D eigenvalue weighted by Gasteiger charge is 2.06. The number of nitrogens with zero attached hydrogens (tertiary/aromatic N) is 3. The molecule has 18 heavy (non-hydrogen) atoms. The maximum atomic E-state index is 11.8. The number of hydrogen-bond donors (Lipinski definition) is 3. The van der Waals surface area contributed by atoms with Crippen molar-refractivity contribution in [2.24, 2.45) is 5.84 Å². The van der Waals surface area contributed by atoms with Gasteiger partial charge >= 0.3 is 0 Å². The standard InChI is InChI=1S/C10H12N6O2/c11-15-9-5-7(1-3-12-9)10(17)13-4-2-8-14-6-18-16-8/h1,3,5-6H,2,4,11H2,(H,12,15)(H,13,17). The Bertz CT molecular complexity index is 513. The van der Waals surface area contributed by atoms with Crippen LogP contribution in [0.5, 0.6) is 0 Å². The van der Waals surface area contributed by atoms with Crippen LogP contribution in [0.1, 0.15) is 16.2 Å². The van der Waals surface area contributed by atoms with Gasteiger partial charge in [-0.15, -0.1) is 0 Å². The number of aromatic nitrogens is 3. The van der Waals surface area contributed by atoms with Gasteiger partial charge in [-0.2, -0.15) is 4.98 Å². The van der Waals surface area contributed by atoms with E-state index < -0.39 is 0 Å². The zero-order chi connectivity index (χ0) is 12.8. The summed E-state index contributed by atoms with van der Waals surface area (Å²) in [6.45, 7) is 0.423. The molecule has 0 aromatic carbocycles. The highest BCUT2D eigenvalue weighted by molar-refractivity contribution is 5.94. The third kappa shape index (κ3) is 3.01. The maximum absolute atomic E-state index is 11.8. The third-order valence-corrected chi connectivity index (χ3v) is 2.21. The van der Waals surface area contributed by atoms with Crippen LogP contribution in [-0.2, 0) is 6.42 Å². The number of hydrogen-bond acceptors (Lipinski definition) is 7. The monoisotopic (exact) mass is 248 g/mol. The van der Waals surface area contributed by atoms with Crippen LogP contribution in [0.25, 0.3) is 0 Å². The Labute approximate surface area is 103 Å². The van der Waals surface area contributed by atoms with Gasteiger partial charge in [0.25, 0.3) is 5.91 Å². The quantitative estimate of drug-likeness (QED) is 0.492. The average Bonchev–Trinajstić information content (AvgIpc) is 2.92. The molecule has 0 fully saturated rings. The second-order valence-electron chi connectivity index (χ2n) is 3.43. The molecule has 2 heterocycles. The van der Waals surface area contributed by atoms with Crippen LogP contribution in [0, 0.1) is 0 Å². The number of carbonyl (C=O) groups excluding carboxylic acids is 1. The van der Waals surface area contributed by atoms with Gasteiger partial charge < -0.3 is 15.3 Å². The molecule has 0 saturated carbocycles. The molecule has 0 aliphatic heterocycles. The molecular formula is C10H12N6O2. The summed E-state index contributed by atoms with van der Waals surface area (Å²) < 4.78 is 4.58. The third-order valence-electron chi connectivity index (χ3n) is 2.21. The Hall–Kier alpha value is -2.48. The fourth-order valence-corrected chi connectivity index (χ4v) is 1.34. The largest absolute Gasteiger partial charge is 0.352 e. The molecule has 94 valence electrons. The number of nitrogens with one attached hydrogen (secondary N) is 2. The Balaban J connectivity index is 1.87. The van der Waals surface area contributed by atoms with Crippen LogP contribution in [-0.4, -0.2) is 27.6 Å². The average molecular weight is 248 g/mol. The molecule has 0 saturated heterocycles. The lowest BCUT2D eigenvalue weighted by Crippen LogP contribution is -2.26. The van der Waals surface area contributed by atoms with Crippen molar-refractivity contribution in [1.29, 1.82) is 0 Å². The van der Waals surface area contributed by atoms with E-state index in [1.807, 2.05) is 0 Å². The van der Waals surface area contributed by atoms with E-state index in [9.17, 15) is 4.79 Å². The van der Waals surface area contributed by atoms with Crippen LogP contribution in [0.15, 0.2) is 29.2 Å². The van der Waals surface area contributed by atoms with Gasteiger partial charge in [0.2, 0.25) is 6.39 Å². The fraction of sp³-hybridized carbons (Fsp3) is 0.200. The van der Waals surface area contributed by atoms with Gasteiger partial charge in [0.1, 0.15) is 5.82 Å². The van der Waals surface area contributed by atoms with Crippen LogP contribution in [0.3, 0.4) is 0 Å². The highest BCUT2D eigenvalue weighted by Crippen LogP contribution is 2.04. The molecule has 0 unspecified atom stereocenters. The fourth-order valence-electron chi connectivity index (χ4n) is 1.34. The van der Waals surface area contributed by atoms with E-state index in [4.69, 9.17) is 5.84 Å². The van der Waals surface area contributed by atoms with E-state index in [-0.39, 0.29) is 5.91 Å². The van der Waals surface area contributed by atoms with Crippen molar-refractivity contribution in [3.8, 4) is 0 Å². The maximum Gasteiger partial charge on any atom is 0.251 e. The SMILES string of the molecule is NNc1cc(C(=O)NCCc2ncon2)ccn1. The van der Waals surface area contributed by atoms with Gasteiger partial charge in [-0.25, -0.2) is 10.8 Å². The molecule has 0 bridgehead atoms. The second-order valence-corrected chi connectivity index (χ2v) is 3.43. The minimum atomic E-state index is -0.211. The van der Waals surface area contributed by atoms with Crippen molar-refractivity contribution >= 4 is 11.7 Å². The van der Waals surface area contributed by atoms with Gasteiger partial charge in [0, 0.05) is 24.7 Å². The molecule has 8 heteroatoms. The van der Waals surface area contributed by atoms with Crippen LogP contribution in [0.2, 0.25) is 0 Å². The Morgan fingerprint density at radius 2 is 2.33 bits per heavy atom. The molecule has 8 nitrogen and oxygen atoms in total. The predicted octanol–water partition coefficient (Wildman–Crippen LogP) is -0.277. The number of pyridine rings is 1. The van der Waals surface area contributed by atoms with Crippen molar-refractivity contribution in [3.05, 3.63) is 36.1 Å². The summed E-state index contributed by atoms with van der Waals surface area (Å²) in [6.07, 6.45) is 3.26. The van der Waals surface area contributed by atoms with E-state index in [1.54, 1.807) is 12.1 Å². The van der Waals surface area contributed by atoms with Crippen molar-refractivity contribution in [3.63, 3.8) is 0 Å². The van der Waals surface area contributed by atoms with Gasteiger partial charge in [-0.05, 0) is 12.1 Å². The van der Waals surface area contributed by atoms with Crippen molar-refractivity contribution in [2.75, 3.05) is 12.0 Å². The van der Waals surface area contributed by atoms with E-state index in [0.717, 1.165) is 0 Å². The van der Waals surface area contributed by atoms with Gasteiger partial charge in [-0.1, -0.05) is 5.16 Å². The normalized spacial score (nSPS) is 10.1. The van der Waals surface area contributed by atoms with Crippen molar-refractivity contribution < 1.29 is 9.32 Å². The molecular weight excluding hydrogens is 236 g/mol. The summed E-state index contributed by atoms with van der Waals surface area (Å²) in [7, 11) is 0. The zero-order valence-corrected chi connectivity index (χ0v) is 9.46. The predicted molar refractivity (Wildman–Crippen MR) is 62.4 cm³/mol. The Morgan fingerprint density at radius 3 is 3.06 bits per heavy atom. The summed E-state index contributed by atoms with van der Waals surface area (Å²) in [5, 5.41) is 6.37. The molecule has 0 atom stereocenters. The van der Waals surface area contributed by atoms with Crippen molar-refractivity contribution in [2.45, 2.75) is 6.42 Å². The number of hydrazine groups is 1. The first-order chi connectivity index (χ1) is 8.79. The number of rotatable bonds is 5. The molecule has 2 aromatic heterocycles. The summed E-state index contributed by atoms with van der Waals surface area (Å²) in [4.78, 5) is 19.5. The number of carbonyl (C=O) groups is 1. The van der Waals surface area contributed by atoms with Crippen LogP contribution < -0.4 is 16.6 Å². The zero-order valence-electron chi connectivity index (χ0n) is 9.46. The van der Waals surface area contributed by atoms with Gasteiger partial charge in [0.15, 0.2) is 5.82 Å². The molecule has 1 amide bonds. The molecule has 4 N–H and O–H groups in total. The molecule has 0 spiro atoms. The smallest absolute Gasteiger partial charge is 0.251 e.